The number of carbonyl (C=O) groups is 1. The van der Waals surface area contributed by atoms with Crippen molar-refractivity contribution in [3.8, 4) is 0 Å². The Balaban J connectivity index is 1.88. The SMILES string of the molecule is CC(C)(C)OC(=O)C1CCC1c1cccc2ccccc12. The molecule has 1 saturated carbocycles. The molecule has 3 rings (SSSR count). The fraction of sp³-hybridized carbons (Fsp3) is 0.421. The van der Waals surface area contributed by atoms with E-state index in [4.69, 9.17) is 4.74 Å². The first kappa shape index (κ1) is 14.1. The molecule has 0 amide bonds. The van der Waals surface area contributed by atoms with Crippen LogP contribution in [0.15, 0.2) is 42.5 Å². The molecule has 0 aliphatic heterocycles. The van der Waals surface area contributed by atoms with Crippen LogP contribution in [0, 0.1) is 5.92 Å². The molecule has 1 aliphatic carbocycles. The first-order chi connectivity index (χ1) is 9.96. The zero-order valence-electron chi connectivity index (χ0n) is 12.9. The summed E-state index contributed by atoms with van der Waals surface area (Å²) >= 11 is 0. The quantitative estimate of drug-likeness (QED) is 0.748. The summed E-state index contributed by atoms with van der Waals surface area (Å²) in [7, 11) is 0. The predicted molar refractivity (Wildman–Crippen MR) is 85.3 cm³/mol. The Morgan fingerprint density at radius 2 is 1.76 bits per heavy atom. The van der Waals surface area contributed by atoms with Gasteiger partial charge in [0.1, 0.15) is 5.60 Å². The largest absolute Gasteiger partial charge is 0.460 e. The second kappa shape index (κ2) is 5.18. The van der Waals surface area contributed by atoms with Crippen molar-refractivity contribution in [1.82, 2.24) is 0 Å². The molecule has 2 unspecified atom stereocenters. The van der Waals surface area contributed by atoms with E-state index in [1.54, 1.807) is 0 Å². The maximum atomic E-state index is 12.3. The average molecular weight is 282 g/mol. The van der Waals surface area contributed by atoms with Crippen molar-refractivity contribution in [2.24, 2.45) is 5.92 Å². The third-order valence-corrected chi connectivity index (χ3v) is 4.21. The topological polar surface area (TPSA) is 26.3 Å². The molecule has 0 N–H and O–H groups in total. The van der Waals surface area contributed by atoms with Gasteiger partial charge < -0.3 is 4.74 Å². The summed E-state index contributed by atoms with van der Waals surface area (Å²) in [5, 5.41) is 2.50. The molecule has 0 spiro atoms. The van der Waals surface area contributed by atoms with E-state index in [2.05, 4.69) is 42.5 Å². The second-order valence-corrected chi connectivity index (χ2v) is 6.89. The highest BCUT2D eigenvalue weighted by Gasteiger charge is 2.40. The molecule has 0 radical (unpaired) electrons. The van der Waals surface area contributed by atoms with E-state index in [-0.39, 0.29) is 11.9 Å². The fourth-order valence-electron chi connectivity index (χ4n) is 3.11. The lowest BCUT2D eigenvalue weighted by atomic mass is 9.69. The highest BCUT2D eigenvalue weighted by molar-refractivity contribution is 5.87. The molecular formula is C19H22O2. The Morgan fingerprint density at radius 1 is 1.05 bits per heavy atom. The standard InChI is InChI=1S/C19H22O2/c1-19(2,3)21-18(20)17-12-11-16(17)15-10-6-8-13-7-4-5-9-14(13)15/h4-10,16-17H,11-12H2,1-3H3. The Labute approximate surface area is 126 Å². The van der Waals surface area contributed by atoms with Crippen molar-refractivity contribution >= 4 is 16.7 Å². The van der Waals surface area contributed by atoms with Gasteiger partial charge in [-0.2, -0.15) is 0 Å². The maximum absolute atomic E-state index is 12.3. The van der Waals surface area contributed by atoms with Gasteiger partial charge in [0.05, 0.1) is 5.92 Å². The van der Waals surface area contributed by atoms with Gasteiger partial charge in [-0.1, -0.05) is 42.5 Å². The van der Waals surface area contributed by atoms with Crippen molar-refractivity contribution in [3.05, 3.63) is 48.0 Å². The first-order valence-corrected chi connectivity index (χ1v) is 7.66. The molecule has 21 heavy (non-hydrogen) atoms. The van der Waals surface area contributed by atoms with E-state index in [0.29, 0.717) is 5.92 Å². The molecule has 2 nitrogen and oxygen atoms in total. The van der Waals surface area contributed by atoms with E-state index in [0.717, 1.165) is 12.8 Å². The van der Waals surface area contributed by atoms with Crippen LogP contribution in [0.5, 0.6) is 0 Å². The van der Waals surface area contributed by atoms with E-state index in [1.807, 2.05) is 20.8 Å². The van der Waals surface area contributed by atoms with Crippen LogP contribution in [0.1, 0.15) is 45.1 Å². The lowest BCUT2D eigenvalue weighted by molar-refractivity contribution is -0.164. The lowest BCUT2D eigenvalue weighted by Crippen LogP contribution is -2.36. The van der Waals surface area contributed by atoms with Crippen LogP contribution < -0.4 is 0 Å². The third-order valence-electron chi connectivity index (χ3n) is 4.21. The molecule has 1 aliphatic rings. The molecule has 0 heterocycles. The van der Waals surface area contributed by atoms with Gasteiger partial charge in [0.15, 0.2) is 0 Å². The number of benzene rings is 2. The summed E-state index contributed by atoms with van der Waals surface area (Å²) in [4.78, 5) is 12.3. The molecule has 2 heteroatoms. The third kappa shape index (κ3) is 2.80. The minimum atomic E-state index is -0.407. The average Bonchev–Trinajstić information content (AvgIpc) is 2.35. The van der Waals surface area contributed by atoms with Crippen molar-refractivity contribution in [3.63, 3.8) is 0 Å². The summed E-state index contributed by atoms with van der Waals surface area (Å²) in [6.45, 7) is 5.78. The smallest absolute Gasteiger partial charge is 0.310 e. The van der Waals surface area contributed by atoms with Crippen molar-refractivity contribution in [2.75, 3.05) is 0 Å². The van der Waals surface area contributed by atoms with E-state index < -0.39 is 5.60 Å². The fourth-order valence-corrected chi connectivity index (χ4v) is 3.11. The van der Waals surface area contributed by atoms with Gasteiger partial charge in [-0.05, 0) is 55.9 Å². The number of rotatable bonds is 2. The van der Waals surface area contributed by atoms with Crippen LogP contribution in [-0.4, -0.2) is 11.6 Å². The van der Waals surface area contributed by atoms with E-state index >= 15 is 0 Å². The Bertz CT molecular complexity index is 661. The zero-order chi connectivity index (χ0) is 15.0. The summed E-state index contributed by atoms with van der Waals surface area (Å²) in [5.74, 6) is 0.257. The second-order valence-electron chi connectivity index (χ2n) is 6.89. The highest BCUT2D eigenvalue weighted by Crippen LogP contribution is 2.45. The van der Waals surface area contributed by atoms with Gasteiger partial charge in [0, 0.05) is 0 Å². The van der Waals surface area contributed by atoms with Crippen LogP contribution in [-0.2, 0) is 9.53 Å². The molecule has 2 aromatic rings. The Hall–Kier alpha value is -1.83. The summed E-state index contributed by atoms with van der Waals surface area (Å²) in [5.41, 5.74) is 0.880. The van der Waals surface area contributed by atoms with Gasteiger partial charge >= 0.3 is 5.97 Å². The van der Waals surface area contributed by atoms with Gasteiger partial charge in [-0.15, -0.1) is 0 Å². The number of hydrogen-bond acceptors (Lipinski definition) is 2. The normalized spacial score (nSPS) is 21.9. The summed E-state index contributed by atoms with van der Waals surface area (Å²) < 4.78 is 5.57. The first-order valence-electron chi connectivity index (χ1n) is 7.66. The molecule has 2 atom stereocenters. The number of esters is 1. The van der Waals surface area contributed by atoms with Gasteiger partial charge in [-0.25, -0.2) is 0 Å². The predicted octanol–water partition coefficient (Wildman–Crippen LogP) is 4.68. The van der Waals surface area contributed by atoms with Gasteiger partial charge in [0.2, 0.25) is 0 Å². The van der Waals surface area contributed by atoms with Crippen molar-refractivity contribution < 1.29 is 9.53 Å². The Kier molecular flexibility index (Phi) is 3.48. The monoisotopic (exact) mass is 282 g/mol. The van der Waals surface area contributed by atoms with Crippen molar-refractivity contribution in [1.29, 1.82) is 0 Å². The maximum Gasteiger partial charge on any atom is 0.310 e. The number of carbonyl (C=O) groups excluding carboxylic acids is 1. The number of ether oxygens (including phenoxy) is 1. The molecule has 0 saturated heterocycles. The van der Waals surface area contributed by atoms with Crippen LogP contribution in [0.3, 0.4) is 0 Å². The number of hydrogen-bond donors (Lipinski definition) is 0. The van der Waals surface area contributed by atoms with Gasteiger partial charge in [0.25, 0.3) is 0 Å². The minimum absolute atomic E-state index is 0.00929. The Morgan fingerprint density at radius 3 is 2.43 bits per heavy atom. The molecule has 0 aromatic heterocycles. The van der Waals surface area contributed by atoms with Crippen LogP contribution in [0.25, 0.3) is 10.8 Å². The van der Waals surface area contributed by atoms with Crippen LogP contribution in [0.4, 0.5) is 0 Å². The molecule has 2 aromatic carbocycles. The molecular weight excluding hydrogens is 260 g/mol. The summed E-state index contributed by atoms with van der Waals surface area (Å²) in [6.07, 6.45) is 2.00. The van der Waals surface area contributed by atoms with Crippen molar-refractivity contribution in [2.45, 2.75) is 45.1 Å². The number of fused-ring (bicyclic) bond motifs is 1. The zero-order valence-corrected chi connectivity index (χ0v) is 12.9. The summed E-state index contributed by atoms with van der Waals surface area (Å²) in [6, 6.07) is 14.8. The van der Waals surface area contributed by atoms with Crippen LogP contribution in [0.2, 0.25) is 0 Å². The highest BCUT2D eigenvalue weighted by atomic mass is 16.6. The van der Waals surface area contributed by atoms with E-state index in [9.17, 15) is 4.79 Å². The van der Waals surface area contributed by atoms with E-state index in [1.165, 1.54) is 16.3 Å². The van der Waals surface area contributed by atoms with Crippen LogP contribution >= 0.6 is 0 Å². The molecule has 0 bridgehead atoms. The van der Waals surface area contributed by atoms with Gasteiger partial charge in [-0.3, -0.25) is 4.79 Å². The minimum Gasteiger partial charge on any atom is -0.460 e. The lowest BCUT2D eigenvalue weighted by Gasteiger charge is -2.37. The molecule has 1 fully saturated rings. The molecule has 110 valence electrons.